The monoisotopic (exact) mass is 767 g/mol. The minimum absolute atomic E-state index is 0.00585. The summed E-state index contributed by atoms with van der Waals surface area (Å²) in [4.78, 5) is 35.9. The lowest BCUT2D eigenvalue weighted by Crippen LogP contribution is -2.28. The van der Waals surface area contributed by atoms with E-state index in [1.807, 2.05) is 0 Å². The van der Waals surface area contributed by atoms with E-state index in [4.69, 9.17) is 16.9 Å². The lowest BCUT2D eigenvalue weighted by molar-refractivity contribution is -0.182. The molecule has 0 radical (unpaired) electrons. The van der Waals surface area contributed by atoms with Gasteiger partial charge in [-0.15, -0.1) is 0 Å². The van der Waals surface area contributed by atoms with Gasteiger partial charge in [-0.3, -0.25) is 9.68 Å². The summed E-state index contributed by atoms with van der Waals surface area (Å²) in [6.45, 7) is -0.616. The van der Waals surface area contributed by atoms with Crippen LogP contribution in [0.15, 0.2) is 82.6 Å². The molecule has 0 saturated carbocycles. The van der Waals surface area contributed by atoms with Crippen molar-refractivity contribution in [1.29, 1.82) is 0 Å². The maximum Gasteiger partial charge on any atom is 0.416 e. The molecule has 4 aromatic rings. The minimum Gasteiger partial charge on any atom is -0.337 e. The van der Waals surface area contributed by atoms with Crippen LogP contribution in [-0.4, -0.2) is 53.7 Å². The van der Waals surface area contributed by atoms with Crippen molar-refractivity contribution in [1.82, 2.24) is 14.9 Å². The zero-order valence-electron chi connectivity index (χ0n) is 23.9. The van der Waals surface area contributed by atoms with Crippen molar-refractivity contribution in [3.8, 4) is 11.3 Å². The molecular weight excluding hydrogens is 748 g/mol. The van der Waals surface area contributed by atoms with Gasteiger partial charge in [0.05, 0.1) is 27.9 Å². The number of carbonyl (C=O) groups is 2. The number of sulfone groups is 1. The lowest BCUT2D eigenvalue weighted by Gasteiger charge is -2.21. The van der Waals surface area contributed by atoms with Gasteiger partial charge in [-0.05, 0) is 48.0 Å². The number of hydrogen-bond donors (Lipinski definition) is 1. The highest BCUT2D eigenvalue weighted by Gasteiger charge is 2.37. The van der Waals surface area contributed by atoms with Gasteiger partial charge in [0.15, 0.2) is 0 Å². The molecule has 0 atom stereocenters. The summed E-state index contributed by atoms with van der Waals surface area (Å²) in [6.07, 6.45) is -8.27. The van der Waals surface area contributed by atoms with E-state index < -0.39 is 62.5 Å². The molecule has 1 aromatic heterocycles. The van der Waals surface area contributed by atoms with Crippen LogP contribution in [0.5, 0.6) is 0 Å². The van der Waals surface area contributed by atoms with Gasteiger partial charge in [0.2, 0.25) is 15.0 Å². The van der Waals surface area contributed by atoms with Crippen LogP contribution in [-0.2, 0) is 33.6 Å². The van der Waals surface area contributed by atoms with Gasteiger partial charge in [-0.25, -0.2) is 23.2 Å². The first-order valence-corrected chi connectivity index (χ1v) is 15.8. The molecule has 3 aromatic carbocycles. The van der Waals surface area contributed by atoms with Crippen molar-refractivity contribution in [3.63, 3.8) is 0 Å². The van der Waals surface area contributed by atoms with E-state index in [9.17, 15) is 44.3 Å². The van der Waals surface area contributed by atoms with Crippen LogP contribution in [0.25, 0.3) is 11.3 Å². The molecule has 9 nitrogen and oxygen atoms in total. The number of rotatable bonds is 6. The quantitative estimate of drug-likeness (QED) is 0.0921. The maximum absolute atomic E-state index is 13.2. The average molecular weight is 769 g/mol. The third-order valence-corrected chi connectivity index (χ3v) is 7.80. The number of nitrogens with zero attached hydrogens (tertiary/aromatic N) is 3. The third-order valence-electron chi connectivity index (χ3n) is 6.01. The highest BCUT2D eigenvalue weighted by atomic mass is 79.9. The topological polar surface area (TPSA) is 127 Å². The largest absolute Gasteiger partial charge is 0.416 e. The summed E-state index contributed by atoms with van der Waals surface area (Å²) in [5, 5.41) is 7.84. The molecule has 0 unspecified atom stereocenters. The van der Waals surface area contributed by atoms with Gasteiger partial charge in [0.25, 0.3) is 5.91 Å². The molecule has 0 aliphatic heterocycles. The first-order chi connectivity index (χ1) is 21.7. The molecule has 0 bridgehead atoms. The highest BCUT2D eigenvalue weighted by molar-refractivity contribution is 9.10. The second kappa shape index (κ2) is 14.8. The Labute approximate surface area is 276 Å². The molecule has 1 N–H and O–H groups in total. The van der Waals surface area contributed by atoms with Crippen molar-refractivity contribution < 1.29 is 54.5 Å². The van der Waals surface area contributed by atoms with Crippen LogP contribution >= 0.6 is 27.5 Å². The molecule has 0 aliphatic rings. The molecule has 0 saturated heterocycles. The second-order valence-electron chi connectivity index (χ2n) is 9.63. The Bertz CT molecular complexity index is 1880. The van der Waals surface area contributed by atoms with Crippen LogP contribution < -0.4 is 0 Å². The predicted octanol–water partition coefficient (Wildman–Crippen LogP) is 7.59. The average Bonchev–Trinajstić information content (AvgIpc) is 2.99. The predicted molar refractivity (Wildman–Crippen MR) is 160 cm³/mol. The summed E-state index contributed by atoms with van der Waals surface area (Å²) < 4.78 is 104. The van der Waals surface area contributed by atoms with Crippen LogP contribution in [0.1, 0.15) is 37.4 Å². The smallest absolute Gasteiger partial charge is 0.337 e. The normalized spacial score (nSPS) is 11.7. The fourth-order valence-electron chi connectivity index (χ4n) is 3.89. The first-order valence-electron chi connectivity index (χ1n) is 12.7. The van der Waals surface area contributed by atoms with Crippen LogP contribution in [0.4, 0.5) is 26.3 Å². The molecule has 47 heavy (non-hydrogen) atoms. The summed E-state index contributed by atoms with van der Waals surface area (Å²) >= 11 is 8.84. The first kappa shape index (κ1) is 37.4. The van der Waals surface area contributed by atoms with Crippen molar-refractivity contribution in [2.24, 2.45) is 0 Å². The van der Waals surface area contributed by atoms with E-state index in [0.717, 1.165) is 17.4 Å². The van der Waals surface area contributed by atoms with Gasteiger partial charge >= 0.3 is 18.3 Å². The molecule has 0 spiro atoms. The third kappa shape index (κ3) is 9.96. The molecule has 0 aliphatic carbocycles. The van der Waals surface area contributed by atoms with E-state index in [-0.39, 0.29) is 22.9 Å². The van der Waals surface area contributed by atoms with Crippen LogP contribution in [0, 0.1) is 0 Å². The Morgan fingerprint density at radius 1 is 0.957 bits per heavy atom. The van der Waals surface area contributed by atoms with Crippen LogP contribution in [0.3, 0.4) is 0 Å². The van der Waals surface area contributed by atoms with Gasteiger partial charge < -0.3 is 4.90 Å². The molecule has 0 fully saturated rings. The second-order valence-corrected chi connectivity index (χ2v) is 12.8. The van der Waals surface area contributed by atoms with Crippen molar-refractivity contribution in [2.45, 2.75) is 24.1 Å². The molecule has 250 valence electrons. The van der Waals surface area contributed by atoms with Crippen LogP contribution in [0.2, 0.25) is 5.02 Å². The van der Waals surface area contributed by atoms with Crippen molar-refractivity contribution in [3.05, 3.63) is 110 Å². The van der Waals surface area contributed by atoms with E-state index in [1.54, 1.807) is 30.3 Å². The number of amides is 1. The number of carbonyl (C=O) groups excluding carboxylic acids is 2. The molecule has 4 rings (SSSR count). The summed E-state index contributed by atoms with van der Waals surface area (Å²) in [5.74, 6) is -1.67. The molecule has 1 heterocycles. The van der Waals surface area contributed by atoms with Crippen molar-refractivity contribution >= 4 is 49.2 Å². The maximum atomic E-state index is 13.2. The SMILES string of the molecule is CN(Cc1cc(C(F)(F)F)cc(C(F)(F)F)c1)C(=O)c1cnc(S(C)(=O)=O)nc1-c1ccccc1Br.O=C(OO)c1cccc(Cl)c1. The highest BCUT2D eigenvalue weighted by Crippen LogP contribution is 2.37. The zero-order chi connectivity index (χ0) is 35.3. The Morgan fingerprint density at radius 3 is 2.06 bits per heavy atom. The van der Waals surface area contributed by atoms with Gasteiger partial charge in [-0.2, -0.15) is 31.6 Å². The van der Waals surface area contributed by atoms with Gasteiger partial charge in [-0.1, -0.05) is 51.8 Å². The Kier molecular flexibility index (Phi) is 11.8. The van der Waals surface area contributed by atoms with Gasteiger partial charge in [0.1, 0.15) is 0 Å². The van der Waals surface area contributed by atoms with E-state index >= 15 is 0 Å². The zero-order valence-corrected chi connectivity index (χ0v) is 27.1. The fraction of sp³-hybridized carbons (Fsp3) is 0.172. The van der Waals surface area contributed by atoms with E-state index in [1.165, 1.54) is 25.2 Å². The standard InChI is InChI=1S/C22H16BrF6N3O3S.C7H5ClO3/c1-32(11-12-7-13(21(24,25)26)9-14(8-12)22(27,28)29)19(33)16-10-30-20(36(2,34)35)31-18(16)15-5-3-4-6-17(15)23;8-6-3-1-2-5(4-6)7(9)11-10/h3-10H,11H2,1-2H3;1-4,10H. The Morgan fingerprint density at radius 2 is 1.55 bits per heavy atom. The summed E-state index contributed by atoms with van der Waals surface area (Å²) in [6, 6.07) is 13.6. The fourth-order valence-corrected chi connectivity index (χ4v) is 5.05. The van der Waals surface area contributed by atoms with E-state index in [0.29, 0.717) is 27.2 Å². The number of hydrogen-bond acceptors (Lipinski definition) is 8. The number of alkyl halides is 6. The molecular formula is C29H21BrClF6N3O6S. The van der Waals surface area contributed by atoms with Gasteiger partial charge in [0, 0.05) is 41.1 Å². The number of halogens is 8. The van der Waals surface area contributed by atoms with E-state index in [2.05, 4.69) is 30.8 Å². The minimum atomic E-state index is -5.04. The summed E-state index contributed by atoms with van der Waals surface area (Å²) in [5.41, 5.74) is -3.19. The Hall–Kier alpha value is -4.06. The Balaban J connectivity index is 0.000000461. The lowest BCUT2D eigenvalue weighted by atomic mass is 10.0. The molecule has 18 heteroatoms. The number of aromatic nitrogens is 2. The molecule has 1 amide bonds. The van der Waals surface area contributed by atoms with Crippen molar-refractivity contribution in [2.75, 3.05) is 13.3 Å². The summed E-state index contributed by atoms with van der Waals surface area (Å²) in [7, 11) is -2.70. The number of benzene rings is 3.